The SMILES string of the molecule is CC1COCCN1c1ncc(C(=O)O)cc1Cl. The summed E-state index contributed by atoms with van der Waals surface area (Å²) in [5.74, 6) is -0.409. The van der Waals surface area contributed by atoms with Crippen molar-refractivity contribution in [3.05, 3.63) is 22.8 Å². The van der Waals surface area contributed by atoms with E-state index in [0.29, 0.717) is 30.6 Å². The second-order valence-corrected chi connectivity index (χ2v) is 4.36. The van der Waals surface area contributed by atoms with Crippen LogP contribution < -0.4 is 4.90 Å². The number of ether oxygens (including phenoxy) is 1. The maximum Gasteiger partial charge on any atom is 0.337 e. The summed E-state index contributed by atoms with van der Waals surface area (Å²) in [6.07, 6.45) is 1.33. The molecule has 6 heteroatoms. The maximum atomic E-state index is 10.8. The van der Waals surface area contributed by atoms with E-state index >= 15 is 0 Å². The Kier molecular flexibility index (Phi) is 3.49. The summed E-state index contributed by atoms with van der Waals surface area (Å²) >= 11 is 6.06. The van der Waals surface area contributed by atoms with Gasteiger partial charge in [-0.2, -0.15) is 0 Å². The number of hydrogen-bond donors (Lipinski definition) is 1. The third-order valence-electron chi connectivity index (χ3n) is 2.71. The predicted molar refractivity (Wildman–Crippen MR) is 63.8 cm³/mol. The Morgan fingerprint density at radius 1 is 1.71 bits per heavy atom. The van der Waals surface area contributed by atoms with Crippen molar-refractivity contribution < 1.29 is 14.6 Å². The van der Waals surface area contributed by atoms with Gasteiger partial charge in [-0.25, -0.2) is 9.78 Å². The Morgan fingerprint density at radius 3 is 3.06 bits per heavy atom. The van der Waals surface area contributed by atoms with Gasteiger partial charge in [0.15, 0.2) is 0 Å². The van der Waals surface area contributed by atoms with Crippen molar-refractivity contribution in [2.75, 3.05) is 24.7 Å². The first kappa shape index (κ1) is 12.1. The van der Waals surface area contributed by atoms with Crippen LogP contribution in [0.4, 0.5) is 5.82 Å². The summed E-state index contributed by atoms with van der Waals surface area (Å²) in [5.41, 5.74) is 0.0969. The van der Waals surface area contributed by atoms with E-state index in [4.69, 9.17) is 21.4 Å². The molecule has 2 heterocycles. The molecule has 0 radical (unpaired) electrons. The lowest BCUT2D eigenvalue weighted by Gasteiger charge is -2.34. The highest BCUT2D eigenvalue weighted by Crippen LogP contribution is 2.26. The highest BCUT2D eigenvalue weighted by atomic mass is 35.5. The topological polar surface area (TPSA) is 62.7 Å². The van der Waals surface area contributed by atoms with Crippen molar-refractivity contribution in [3.63, 3.8) is 0 Å². The van der Waals surface area contributed by atoms with Crippen LogP contribution >= 0.6 is 11.6 Å². The fourth-order valence-corrected chi connectivity index (χ4v) is 2.08. The number of aromatic nitrogens is 1. The summed E-state index contributed by atoms with van der Waals surface area (Å²) in [7, 11) is 0. The van der Waals surface area contributed by atoms with Crippen LogP contribution in [0.15, 0.2) is 12.3 Å². The van der Waals surface area contributed by atoms with Crippen molar-refractivity contribution in [2.24, 2.45) is 0 Å². The molecule has 2 rings (SSSR count). The summed E-state index contributed by atoms with van der Waals surface area (Å²) in [4.78, 5) is 16.9. The lowest BCUT2D eigenvalue weighted by Crippen LogP contribution is -2.44. The highest BCUT2D eigenvalue weighted by molar-refractivity contribution is 6.33. The average molecular weight is 257 g/mol. The van der Waals surface area contributed by atoms with Crippen LogP contribution in [0.3, 0.4) is 0 Å². The van der Waals surface area contributed by atoms with E-state index in [1.54, 1.807) is 0 Å². The van der Waals surface area contributed by atoms with Gasteiger partial charge in [0.05, 0.1) is 29.8 Å². The molecule has 0 spiro atoms. The van der Waals surface area contributed by atoms with Crippen molar-refractivity contribution in [2.45, 2.75) is 13.0 Å². The van der Waals surface area contributed by atoms with Crippen LogP contribution in [0.2, 0.25) is 5.02 Å². The second kappa shape index (κ2) is 4.89. The minimum absolute atomic E-state index is 0.0969. The van der Waals surface area contributed by atoms with Gasteiger partial charge in [0.25, 0.3) is 0 Å². The Labute approximate surface area is 104 Å². The molecule has 1 aliphatic rings. The van der Waals surface area contributed by atoms with Gasteiger partial charge in [0.1, 0.15) is 5.82 Å². The smallest absolute Gasteiger partial charge is 0.337 e. The molecule has 17 heavy (non-hydrogen) atoms. The standard InChI is InChI=1S/C11H13ClN2O3/c1-7-6-17-3-2-14(7)10-9(12)4-8(5-13-10)11(15)16/h4-5,7H,2-3,6H2,1H3,(H,15,16). The van der Waals surface area contributed by atoms with Gasteiger partial charge in [0, 0.05) is 12.7 Å². The fraction of sp³-hybridized carbons (Fsp3) is 0.455. The van der Waals surface area contributed by atoms with Crippen LogP contribution in [-0.2, 0) is 4.74 Å². The van der Waals surface area contributed by atoms with Crippen LogP contribution in [0.25, 0.3) is 0 Å². The van der Waals surface area contributed by atoms with Gasteiger partial charge in [-0.1, -0.05) is 11.6 Å². The zero-order valence-electron chi connectivity index (χ0n) is 9.39. The largest absolute Gasteiger partial charge is 0.478 e. The van der Waals surface area contributed by atoms with Gasteiger partial charge in [0.2, 0.25) is 0 Å². The van der Waals surface area contributed by atoms with Crippen molar-refractivity contribution in [1.82, 2.24) is 4.98 Å². The Bertz CT molecular complexity index is 439. The summed E-state index contributed by atoms with van der Waals surface area (Å²) in [5, 5.41) is 9.19. The van der Waals surface area contributed by atoms with Crippen LogP contribution in [0, 0.1) is 0 Å². The molecule has 1 aromatic rings. The van der Waals surface area contributed by atoms with E-state index in [2.05, 4.69) is 4.98 Å². The van der Waals surface area contributed by atoms with Gasteiger partial charge in [-0.15, -0.1) is 0 Å². The molecule has 1 fully saturated rings. The number of carbonyl (C=O) groups is 1. The Balaban J connectivity index is 2.29. The maximum absolute atomic E-state index is 10.8. The minimum Gasteiger partial charge on any atom is -0.478 e. The second-order valence-electron chi connectivity index (χ2n) is 3.95. The Morgan fingerprint density at radius 2 is 2.47 bits per heavy atom. The fourth-order valence-electron chi connectivity index (χ4n) is 1.80. The van der Waals surface area contributed by atoms with E-state index in [0.717, 1.165) is 0 Å². The van der Waals surface area contributed by atoms with E-state index in [1.165, 1.54) is 12.3 Å². The average Bonchev–Trinajstić information content (AvgIpc) is 2.30. The molecule has 0 aliphatic carbocycles. The number of anilines is 1. The molecule has 0 bridgehead atoms. The van der Waals surface area contributed by atoms with Crippen molar-refractivity contribution >= 4 is 23.4 Å². The van der Waals surface area contributed by atoms with Gasteiger partial charge in [-0.05, 0) is 13.0 Å². The molecule has 0 amide bonds. The number of carboxylic acids is 1. The summed E-state index contributed by atoms with van der Waals surface area (Å²) in [6.45, 7) is 3.98. The first-order chi connectivity index (χ1) is 8.09. The Hall–Kier alpha value is -1.33. The monoisotopic (exact) mass is 256 g/mol. The number of carboxylic acid groups (broad SMARTS) is 1. The quantitative estimate of drug-likeness (QED) is 0.872. The van der Waals surface area contributed by atoms with Gasteiger partial charge in [-0.3, -0.25) is 0 Å². The number of nitrogens with zero attached hydrogens (tertiary/aromatic N) is 2. The van der Waals surface area contributed by atoms with E-state index in [-0.39, 0.29) is 11.6 Å². The number of rotatable bonds is 2. The number of morpholine rings is 1. The van der Waals surface area contributed by atoms with Gasteiger partial charge >= 0.3 is 5.97 Å². The van der Waals surface area contributed by atoms with E-state index < -0.39 is 5.97 Å². The van der Waals surface area contributed by atoms with Crippen molar-refractivity contribution in [1.29, 1.82) is 0 Å². The van der Waals surface area contributed by atoms with Crippen LogP contribution in [-0.4, -0.2) is 41.9 Å². The minimum atomic E-state index is -1.03. The number of hydrogen-bond acceptors (Lipinski definition) is 4. The molecule has 5 nitrogen and oxygen atoms in total. The van der Waals surface area contributed by atoms with Crippen LogP contribution in [0.5, 0.6) is 0 Å². The molecule has 1 N–H and O–H groups in total. The van der Waals surface area contributed by atoms with Gasteiger partial charge < -0.3 is 14.7 Å². The van der Waals surface area contributed by atoms with E-state index in [1.807, 2.05) is 11.8 Å². The third kappa shape index (κ3) is 2.50. The normalized spacial score (nSPS) is 20.4. The molecular formula is C11H13ClN2O3. The number of halogens is 1. The molecule has 1 unspecified atom stereocenters. The third-order valence-corrected chi connectivity index (χ3v) is 2.99. The summed E-state index contributed by atoms with van der Waals surface area (Å²) in [6, 6.07) is 1.61. The molecule has 1 saturated heterocycles. The summed E-state index contributed by atoms with van der Waals surface area (Å²) < 4.78 is 5.33. The predicted octanol–water partition coefficient (Wildman–Crippen LogP) is 1.66. The molecule has 1 atom stereocenters. The molecular weight excluding hydrogens is 244 g/mol. The first-order valence-electron chi connectivity index (χ1n) is 5.33. The molecule has 0 aromatic carbocycles. The van der Waals surface area contributed by atoms with E-state index in [9.17, 15) is 4.79 Å². The zero-order valence-corrected chi connectivity index (χ0v) is 10.1. The zero-order chi connectivity index (χ0) is 12.4. The van der Waals surface area contributed by atoms with Crippen molar-refractivity contribution in [3.8, 4) is 0 Å². The highest BCUT2D eigenvalue weighted by Gasteiger charge is 2.22. The molecule has 1 aliphatic heterocycles. The lowest BCUT2D eigenvalue weighted by molar-refractivity contribution is 0.0696. The molecule has 0 saturated carbocycles. The van der Waals surface area contributed by atoms with Crippen LogP contribution in [0.1, 0.15) is 17.3 Å². The molecule has 1 aromatic heterocycles. The molecule has 92 valence electrons. The lowest BCUT2D eigenvalue weighted by atomic mass is 10.2. The number of aromatic carboxylic acids is 1. The first-order valence-corrected chi connectivity index (χ1v) is 5.70. The number of pyridine rings is 1.